The van der Waals surface area contributed by atoms with E-state index >= 15 is 0 Å². The topological polar surface area (TPSA) is 24.1 Å². The number of benzene rings is 5. The molecule has 1 aliphatic rings. The van der Waals surface area contributed by atoms with Crippen LogP contribution in [-0.4, -0.2) is 13.1 Å². The minimum Gasteiger partial charge on any atom is -0.355 e. The average molecular weight is 483 g/mol. The van der Waals surface area contributed by atoms with Gasteiger partial charge in [-0.3, -0.25) is 0 Å². The molecule has 174 valence electrons. The number of hydrogen-bond donors (Lipinski definition) is 2. The van der Waals surface area contributed by atoms with Crippen LogP contribution in [-0.2, 0) is 0 Å². The zero-order valence-electron chi connectivity index (χ0n) is 19.9. The Labute approximate surface area is 215 Å². The highest BCUT2D eigenvalue weighted by molar-refractivity contribution is 7.26. The predicted molar refractivity (Wildman–Crippen MR) is 156 cm³/mol. The van der Waals surface area contributed by atoms with Gasteiger partial charge in [0.15, 0.2) is 0 Å². The van der Waals surface area contributed by atoms with E-state index in [1.807, 2.05) is 17.4 Å². The molecular weight excluding hydrogens is 456 g/mol. The number of fused-ring (bicyclic) bond motifs is 3. The van der Waals surface area contributed by atoms with Crippen LogP contribution in [0.1, 0.15) is 11.5 Å². The molecule has 0 atom stereocenters. The fraction of sp³-hybridized carbons (Fsp3) is 0.0909. The van der Waals surface area contributed by atoms with Crippen LogP contribution in [0.25, 0.3) is 42.4 Å². The molecule has 2 nitrogen and oxygen atoms in total. The molecule has 0 spiro atoms. The van der Waals surface area contributed by atoms with E-state index in [0.29, 0.717) is 5.92 Å². The van der Waals surface area contributed by atoms with Crippen LogP contribution in [0.3, 0.4) is 0 Å². The molecule has 36 heavy (non-hydrogen) atoms. The van der Waals surface area contributed by atoms with Crippen LogP contribution in [0.4, 0.5) is 11.4 Å². The summed E-state index contributed by atoms with van der Waals surface area (Å²) in [7, 11) is 0. The summed E-state index contributed by atoms with van der Waals surface area (Å²) in [6.07, 6.45) is 0. The molecule has 1 aliphatic heterocycles. The lowest BCUT2D eigenvalue weighted by molar-refractivity contribution is 0.448. The van der Waals surface area contributed by atoms with Crippen molar-refractivity contribution < 1.29 is 0 Å². The van der Waals surface area contributed by atoms with Crippen molar-refractivity contribution in [3.8, 4) is 22.3 Å². The first-order chi connectivity index (χ1) is 17.8. The predicted octanol–water partition coefficient (Wildman–Crippen LogP) is 8.82. The van der Waals surface area contributed by atoms with Crippen molar-refractivity contribution in [3.05, 3.63) is 121 Å². The Kier molecular flexibility index (Phi) is 5.31. The van der Waals surface area contributed by atoms with Gasteiger partial charge in [-0.05, 0) is 64.2 Å². The van der Waals surface area contributed by atoms with Gasteiger partial charge in [0.05, 0.1) is 0 Å². The smallest absolute Gasteiger partial charge is 0.0433 e. The average Bonchev–Trinajstić information content (AvgIpc) is 3.27. The first-order valence-electron chi connectivity index (χ1n) is 12.5. The second-order valence-electron chi connectivity index (χ2n) is 9.55. The Hall–Kier alpha value is -3.92. The molecule has 1 aromatic heterocycles. The van der Waals surface area contributed by atoms with Crippen molar-refractivity contribution in [1.82, 2.24) is 5.32 Å². The van der Waals surface area contributed by atoms with Crippen molar-refractivity contribution in [2.45, 2.75) is 5.92 Å². The van der Waals surface area contributed by atoms with E-state index in [4.69, 9.17) is 0 Å². The van der Waals surface area contributed by atoms with Gasteiger partial charge in [0.2, 0.25) is 0 Å². The van der Waals surface area contributed by atoms with Gasteiger partial charge in [-0.2, -0.15) is 0 Å². The minimum absolute atomic E-state index is 0.645. The van der Waals surface area contributed by atoms with Crippen LogP contribution in [0.15, 0.2) is 115 Å². The van der Waals surface area contributed by atoms with Crippen molar-refractivity contribution in [2.75, 3.05) is 18.4 Å². The maximum absolute atomic E-state index is 3.64. The molecule has 7 rings (SSSR count). The van der Waals surface area contributed by atoms with Crippen LogP contribution in [0.5, 0.6) is 0 Å². The number of para-hydroxylation sites is 1. The van der Waals surface area contributed by atoms with Crippen LogP contribution < -0.4 is 10.6 Å². The van der Waals surface area contributed by atoms with E-state index < -0.39 is 0 Å². The van der Waals surface area contributed by atoms with Gasteiger partial charge in [0.1, 0.15) is 0 Å². The number of nitrogens with one attached hydrogen (secondary N) is 2. The van der Waals surface area contributed by atoms with Crippen molar-refractivity contribution in [3.63, 3.8) is 0 Å². The molecule has 2 N–H and O–H groups in total. The van der Waals surface area contributed by atoms with Gasteiger partial charge in [-0.15, -0.1) is 11.3 Å². The fourth-order valence-corrected chi connectivity index (χ4v) is 6.39. The molecule has 0 bridgehead atoms. The SMILES string of the molecule is c1ccc(Nc2cc(-c3ccc(C4CNC4)cc3)cc(-c3cccc4c3sc3ccccc34)c2)cc1. The lowest BCUT2D eigenvalue weighted by atomic mass is 9.91. The quantitative estimate of drug-likeness (QED) is 0.256. The third kappa shape index (κ3) is 3.87. The van der Waals surface area contributed by atoms with Crippen LogP contribution in [0.2, 0.25) is 0 Å². The molecule has 1 saturated heterocycles. The first-order valence-corrected chi connectivity index (χ1v) is 13.3. The first kappa shape index (κ1) is 21.4. The van der Waals surface area contributed by atoms with Gasteiger partial charge in [0.25, 0.3) is 0 Å². The Morgan fingerprint density at radius 2 is 1.36 bits per heavy atom. The Morgan fingerprint density at radius 1 is 0.611 bits per heavy atom. The number of rotatable bonds is 5. The molecule has 2 heterocycles. The lowest BCUT2D eigenvalue weighted by Gasteiger charge is -2.27. The molecule has 0 amide bonds. The second kappa shape index (κ2) is 8.94. The van der Waals surface area contributed by atoms with E-state index in [1.54, 1.807) is 0 Å². The molecule has 5 aromatic carbocycles. The monoisotopic (exact) mass is 482 g/mol. The molecule has 3 heteroatoms. The van der Waals surface area contributed by atoms with Crippen molar-refractivity contribution in [2.24, 2.45) is 0 Å². The summed E-state index contributed by atoms with van der Waals surface area (Å²) < 4.78 is 2.68. The van der Waals surface area contributed by atoms with E-state index in [9.17, 15) is 0 Å². The van der Waals surface area contributed by atoms with E-state index in [-0.39, 0.29) is 0 Å². The summed E-state index contributed by atoms with van der Waals surface area (Å²) in [5.41, 5.74) is 8.59. The highest BCUT2D eigenvalue weighted by Crippen LogP contribution is 2.41. The zero-order chi connectivity index (χ0) is 23.9. The summed E-state index contributed by atoms with van der Waals surface area (Å²) in [4.78, 5) is 0. The minimum atomic E-state index is 0.645. The summed E-state index contributed by atoms with van der Waals surface area (Å²) in [6, 6.07) is 41.9. The van der Waals surface area contributed by atoms with Crippen LogP contribution in [0, 0.1) is 0 Å². The molecule has 0 radical (unpaired) electrons. The molecule has 6 aromatic rings. The van der Waals surface area contributed by atoms with E-state index in [1.165, 1.54) is 48.0 Å². The van der Waals surface area contributed by atoms with Gasteiger partial charge in [-0.1, -0.05) is 78.9 Å². The van der Waals surface area contributed by atoms with Crippen LogP contribution >= 0.6 is 11.3 Å². The molecule has 0 aliphatic carbocycles. The fourth-order valence-electron chi connectivity index (χ4n) is 5.16. The maximum atomic E-state index is 3.64. The van der Waals surface area contributed by atoms with Gasteiger partial charge >= 0.3 is 0 Å². The van der Waals surface area contributed by atoms with Crippen molar-refractivity contribution >= 4 is 42.9 Å². The maximum Gasteiger partial charge on any atom is 0.0433 e. The van der Waals surface area contributed by atoms with Crippen molar-refractivity contribution in [1.29, 1.82) is 0 Å². The Morgan fingerprint density at radius 3 is 2.17 bits per heavy atom. The normalized spacial score (nSPS) is 13.7. The standard InChI is InChI=1S/C33H26N2S/c1-2-7-27(8-3-1)35-28-18-24(22-13-15-23(16-14-22)26-20-34-21-26)17-25(19-28)29-10-6-11-31-30-9-4-5-12-32(30)36-33(29)31/h1-19,26,34-35H,20-21H2. The van der Waals surface area contributed by atoms with E-state index in [0.717, 1.165) is 24.5 Å². The van der Waals surface area contributed by atoms with E-state index in [2.05, 4.69) is 120 Å². The van der Waals surface area contributed by atoms with Gasteiger partial charge < -0.3 is 10.6 Å². The molecule has 1 fully saturated rings. The highest BCUT2D eigenvalue weighted by Gasteiger charge is 2.18. The summed E-state index contributed by atoms with van der Waals surface area (Å²) in [6.45, 7) is 2.16. The summed E-state index contributed by atoms with van der Waals surface area (Å²) >= 11 is 1.88. The number of hydrogen-bond acceptors (Lipinski definition) is 3. The highest BCUT2D eigenvalue weighted by atomic mass is 32.1. The Balaban J connectivity index is 1.37. The third-order valence-corrected chi connectivity index (χ3v) is 8.43. The Bertz CT molecular complexity index is 1680. The van der Waals surface area contributed by atoms with Gasteiger partial charge in [-0.25, -0.2) is 0 Å². The molecular formula is C33H26N2S. The summed E-state index contributed by atoms with van der Waals surface area (Å²) in [5.74, 6) is 0.645. The molecule has 0 saturated carbocycles. The summed E-state index contributed by atoms with van der Waals surface area (Å²) in [5, 5.41) is 9.68. The number of thiophene rings is 1. The van der Waals surface area contributed by atoms with Gasteiger partial charge in [0, 0.05) is 50.6 Å². The number of anilines is 2. The second-order valence-corrected chi connectivity index (χ2v) is 10.6. The largest absolute Gasteiger partial charge is 0.355 e. The zero-order valence-corrected chi connectivity index (χ0v) is 20.7. The molecule has 0 unspecified atom stereocenters. The third-order valence-electron chi connectivity index (χ3n) is 7.21. The lowest BCUT2D eigenvalue weighted by Crippen LogP contribution is -2.39.